The average Bonchev–Trinajstić information content (AvgIpc) is 2.79. The fourth-order valence-corrected chi connectivity index (χ4v) is 3.51. The molecule has 3 rings (SSSR count). The number of ether oxygens (including phenoxy) is 1. The summed E-state index contributed by atoms with van der Waals surface area (Å²) in [6.07, 6.45) is 1.70. The molecule has 1 heterocycles. The Morgan fingerprint density at radius 3 is 2.38 bits per heavy atom. The predicted molar refractivity (Wildman–Crippen MR) is 124 cm³/mol. The van der Waals surface area contributed by atoms with Crippen LogP contribution in [0.3, 0.4) is 0 Å². The molecule has 2 aromatic carbocycles. The summed E-state index contributed by atoms with van der Waals surface area (Å²) in [7, 11) is 0. The molecule has 7 heteroatoms. The van der Waals surface area contributed by atoms with Crippen LogP contribution >= 0.6 is 0 Å². The van der Waals surface area contributed by atoms with E-state index in [0.29, 0.717) is 35.7 Å². The molecule has 0 saturated heterocycles. The minimum atomic E-state index is -0.404. The zero-order chi connectivity index (χ0) is 23.1. The molecule has 0 saturated carbocycles. The van der Waals surface area contributed by atoms with Gasteiger partial charge in [0.25, 0.3) is 11.8 Å². The number of carbonyl (C=O) groups excluding carboxylic acids is 2. The topological polar surface area (TPSA) is 88.8 Å². The zero-order valence-electron chi connectivity index (χ0n) is 18.6. The van der Waals surface area contributed by atoms with Crippen LogP contribution in [0.4, 0.5) is 5.69 Å². The van der Waals surface area contributed by atoms with Gasteiger partial charge in [0.1, 0.15) is 11.3 Å². The van der Waals surface area contributed by atoms with Gasteiger partial charge in [-0.2, -0.15) is 0 Å². The van der Waals surface area contributed by atoms with Crippen LogP contribution in [-0.2, 0) is 11.2 Å². The number of fused-ring (bicyclic) bond motifs is 1. The quantitative estimate of drug-likeness (QED) is 0.507. The molecular formula is C25H28N2O5. The average molecular weight is 437 g/mol. The molecule has 0 aliphatic carbocycles. The van der Waals surface area contributed by atoms with Gasteiger partial charge < -0.3 is 19.4 Å². The smallest absolute Gasteiger partial charge is 0.336 e. The van der Waals surface area contributed by atoms with E-state index in [1.807, 2.05) is 26.8 Å². The monoisotopic (exact) mass is 436 g/mol. The summed E-state index contributed by atoms with van der Waals surface area (Å²) in [6, 6.07) is 13.5. The second-order valence-electron chi connectivity index (χ2n) is 7.39. The Hall–Kier alpha value is -3.61. The molecule has 0 fully saturated rings. The van der Waals surface area contributed by atoms with Gasteiger partial charge >= 0.3 is 5.63 Å². The predicted octanol–water partition coefficient (Wildman–Crippen LogP) is 4.25. The molecule has 7 nitrogen and oxygen atoms in total. The summed E-state index contributed by atoms with van der Waals surface area (Å²) >= 11 is 0. The highest BCUT2D eigenvalue weighted by Crippen LogP contribution is 2.23. The maximum Gasteiger partial charge on any atom is 0.336 e. The van der Waals surface area contributed by atoms with Crippen molar-refractivity contribution in [2.45, 2.75) is 33.6 Å². The first-order chi connectivity index (χ1) is 15.4. The van der Waals surface area contributed by atoms with E-state index < -0.39 is 5.63 Å². The van der Waals surface area contributed by atoms with Gasteiger partial charge in [-0.25, -0.2) is 4.79 Å². The number of carbonyl (C=O) groups is 2. The van der Waals surface area contributed by atoms with Crippen LogP contribution in [0.15, 0.2) is 57.7 Å². The van der Waals surface area contributed by atoms with E-state index in [2.05, 4.69) is 5.32 Å². The lowest BCUT2D eigenvalue weighted by atomic mass is 10.1. The molecule has 0 spiro atoms. The van der Waals surface area contributed by atoms with E-state index in [4.69, 9.17) is 9.15 Å². The molecule has 2 amide bonds. The van der Waals surface area contributed by atoms with E-state index in [0.717, 1.165) is 23.8 Å². The molecule has 0 aliphatic heterocycles. The number of rotatable bonds is 9. The van der Waals surface area contributed by atoms with E-state index in [9.17, 15) is 14.4 Å². The Bertz CT molecular complexity index is 1150. The summed E-state index contributed by atoms with van der Waals surface area (Å²) in [6.45, 7) is 7.00. The number of anilines is 1. The van der Waals surface area contributed by atoms with Crippen LogP contribution in [0, 0.1) is 0 Å². The summed E-state index contributed by atoms with van der Waals surface area (Å²) in [4.78, 5) is 38.2. The normalized spacial score (nSPS) is 10.7. The standard InChI is InChI=1S/C25H28N2O5/c1-4-7-18-14-24(29)32-22-15-20(12-13-21(18)22)31-16-23(28)26-19-10-8-17(9-11-19)25(30)27(5-2)6-3/h8-15H,4-7,16H2,1-3H3,(H,26,28). The Morgan fingerprint density at radius 2 is 1.72 bits per heavy atom. The highest BCUT2D eigenvalue weighted by Gasteiger charge is 2.13. The molecule has 0 radical (unpaired) electrons. The van der Waals surface area contributed by atoms with Crippen LogP contribution in [0.1, 0.15) is 43.1 Å². The Morgan fingerprint density at radius 1 is 1.00 bits per heavy atom. The molecular weight excluding hydrogens is 408 g/mol. The minimum Gasteiger partial charge on any atom is -0.484 e. The Labute approximate surface area is 187 Å². The van der Waals surface area contributed by atoms with Gasteiger partial charge in [0.05, 0.1) is 0 Å². The van der Waals surface area contributed by atoms with Crippen molar-refractivity contribution < 1.29 is 18.7 Å². The largest absolute Gasteiger partial charge is 0.484 e. The van der Waals surface area contributed by atoms with Crippen LogP contribution in [0.5, 0.6) is 5.75 Å². The number of amides is 2. The zero-order valence-corrected chi connectivity index (χ0v) is 18.6. The second-order valence-corrected chi connectivity index (χ2v) is 7.39. The molecule has 0 atom stereocenters. The van der Waals surface area contributed by atoms with Crippen molar-refractivity contribution in [3.63, 3.8) is 0 Å². The van der Waals surface area contributed by atoms with Gasteiger partial charge in [0.2, 0.25) is 0 Å². The number of hydrogen-bond donors (Lipinski definition) is 1. The number of benzene rings is 2. The minimum absolute atomic E-state index is 0.0405. The lowest BCUT2D eigenvalue weighted by molar-refractivity contribution is -0.118. The van der Waals surface area contributed by atoms with Crippen molar-refractivity contribution >= 4 is 28.5 Å². The lowest BCUT2D eigenvalue weighted by Crippen LogP contribution is -2.30. The molecule has 1 aromatic heterocycles. The molecule has 0 aliphatic rings. The van der Waals surface area contributed by atoms with Crippen LogP contribution in [0.25, 0.3) is 11.0 Å². The highest BCUT2D eigenvalue weighted by atomic mass is 16.5. The summed E-state index contributed by atoms with van der Waals surface area (Å²) < 4.78 is 10.9. The molecule has 32 heavy (non-hydrogen) atoms. The van der Waals surface area contributed by atoms with Crippen LogP contribution in [0.2, 0.25) is 0 Å². The van der Waals surface area contributed by atoms with Crippen LogP contribution < -0.4 is 15.7 Å². The summed E-state index contributed by atoms with van der Waals surface area (Å²) in [5.74, 6) is 0.0555. The third-order valence-electron chi connectivity index (χ3n) is 5.16. The molecule has 0 unspecified atom stereocenters. The van der Waals surface area contributed by atoms with Gasteiger partial charge in [0, 0.05) is 41.9 Å². The first-order valence-corrected chi connectivity index (χ1v) is 10.8. The second kappa shape index (κ2) is 10.6. The van der Waals surface area contributed by atoms with Crippen molar-refractivity contribution in [2.24, 2.45) is 0 Å². The fraction of sp³-hybridized carbons (Fsp3) is 0.320. The number of hydrogen-bond acceptors (Lipinski definition) is 5. The third kappa shape index (κ3) is 5.55. The number of aryl methyl sites for hydroxylation is 1. The molecule has 168 valence electrons. The maximum absolute atomic E-state index is 12.4. The van der Waals surface area contributed by atoms with Gasteiger partial charge in [0.15, 0.2) is 6.61 Å². The van der Waals surface area contributed by atoms with Gasteiger partial charge in [-0.3, -0.25) is 9.59 Å². The van der Waals surface area contributed by atoms with Crippen molar-refractivity contribution in [2.75, 3.05) is 25.0 Å². The highest BCUT2D eigenvalue weighted by molar-refractivity contribution is 5.96. The molecule has 3 aromatic rings. The first-order valence-electron chi connectivity index (χ1n) is 10.8. The molecule has 0 bridgehead atoms. The summed E-state index contributed by atoms with van der Waals surface area (Å²) in [5, 5.41) is 3.61. The number of nitrogens with zero attached hydrogens (tertiary/aromatic N) is 1. The van der Waals surface area contributed by atoms with Crippen LogP contribution in [-0.4, -0.2) is 36.4 Å². The van der Waals surface area contributed by atoms with Crippen molar-refractivity contribution in [3.05, 3.63) is 70.1 Å². The van der Waals surface area contributed by atoms with Gasteiger partial charge in [-0.1, -0.05) is 13.3 Å². The maximum atomic E-state index is 12.4. The fourth-order valence-electron chi connectivity index (χ4n) is 3.51. The van der Waals surface area contributed by atoms with E-state index in [1.165, 1.54) is 6.07 Å². The van der Waals surface area contributed by atoms with Crippen molar-refractivity contribution in [1.82, 2.24) is 4.90 Å². The number of nitrogens with one attached hydrogen (secondary N) is 1. The SMILES string of the molecule is CCCc1cc(=O)oc2cc(OCC(=O)Nc3ccc(C(=O)N(CC)CC)cc3)ccc12. The Balaban J connectivity index is 1.61. The Kier molecular flexibility index (Phi) is 7.65. The van der Waals surface area contributed by atoms with Gasteiger partial charge in [-0.15, -0.1) is 0 Å². The summed E-state index contributed by atoms with van der Waals surface area (Å²) in [5.41, 5.74) is 2.11. The van der Waals surface area contributed by atoms with E-state index >= 15 is 0 Å². The first kappa shape index (κ1) is 23.1. The van der Waals surface area contributed by atoms with Gasteiger partial charge in [-0.05, 0) is 62.2 Å². The van der Waals surface area contributed by atoms with E-state index in [1.54, 1.807) is 41.3 Å². The van der Waals surface area contributed by atoms with Crippen molar-refractivity contribution in [1.29, 1.82) is 0 Å². The third-order valence-corrected chi connectivity index (χ3v) is 5.16. The van der Waals surface area contributed by atoms with Crippen molar-refractivity contribution in [3.8, 4) is 5.75 Å². The lowest BCUT2D eigenvalue weighted by Gasteiger charge is -2.18. The molecule has 1 N–H and O–H groups in total. The van der Waals surface area contributed by atoms with E-state index in [-0.39, 0.29) is 18.4 Å².